The first kappa shape index (κ1) is 45.0. The van der Waals surface area contributed by atoms with E-state index in [1.54, 1.807) is 0 Å². The van der Waals surface area contributed by atoms with E-state index in [1.165, 1.54) is 5.57 Å². The van der Waals surface area contributed by atoms with E-state index < -0.39 is 41.3 Å². The van der Waals surface area contributed by atoms with Gasteiger partial charge in [-0.3, -0.25) is 14.4 Å². The molecule has 12 atom stereocenters. The average molecular weight is 810 g/mol. The van der Waals surface area contributed by atoms with Gasteiger partial charge in [-0.25, -0.2) is 4.79 Å². The SMILES string of the molecule is CC(C)[C@H](NC(=O)[C@H](CCCCN)NC(=O)[C@]12CCC(C)(C)C[C@H]1C1=CC[C@@H]3[C@@]4(C)CC[C@H](O)C5(C)C[C@]54CC[C@@]3(C)[C@]1(C)CC2)C(=O)N[C@@H](CCCCN)C(=O)O. The monoisotopic (exact) mass is 810 g/mol. The Bertz CT molecular complexity index is 1630. The summed E-state index contributed by atoms with van der Waals surface area (Å²) in [6, 6.07) is -2.93. The van der Waals surface area contributed by atoms with Crippen molar-refractivity contribution in [2.45, 2.75) is 189 Å². The van der Waals surface area contributed by atoms with Gasteiger partial charge in [0.05, 0.1) is 11.5 Å². The van der Waals surface area contributed by atoms with Gasteiger partial charge >= 0.3 is 5.97 Å². The normalized spacial score (nSPS) is 39.9. The van der Waals surface area contributed by atoms with Crippen molar-refractivity contribution >= 4 is 23.7 Å². The van der Waals surface area contributed by atoms with Gasteiger partial charge in [0.1, 0.15) is 18.1 Å². The van der Waals surface area contributed by atoms with E-state index >= 15 is 4.79 Å². The molecule has 11 heteroatoms. The molecule has 6 aliphatic carbocycles. The Kier molecular flexibility index (Phi) is 12.5. The van der Waals surface area contributed by atoms with Crippen LogP contribution in [0.25, 0.3) is 0 Å². The van der Waals surface area contributed by atoms with Crippen LogP contribution in [-0.2, 0) is 19.2 Å². The number of rotatable bonds is 16. The Morgan fingerprint density at radius 1 is 0.759 bits per heavy atom. The molecule has 5 saturated carbocycles. The van der Waals surface area contributed by atoms with E-state index in [4.69, 9.17) is 11.5 Å². The first-order valence-electron chi connectivity index (χ1n) is 23.1. The Balaban J connectivity index is 1.26. The fraction of sp³-hybridized carbons (Fsp3) is 0.872. The van der Waals surface area contributed by atoms with Gasteiger partial charge in [0.2, 0.25) is 17.7 Å². The molecule has 328 valence electrons. The second-order valence-electron chi connectivity index (χ2n) is 22.1. The number of aliphatic carboxylic acids is 1. The number of aliphatic hydroxyl groups is 1. The van der Waals surface area contributed by atoms with Gasteiger partial charge in [0, 0.05) is 5.41 Å². The number of amides is 3. The van der Waals surface area contributed by atoms with Crippen molar-refractivity contribution in [1.29, 1.82) is 0 Å². The standard InChI is InChI=1S/C47H79N5O6/c1-29(2)36(38(55)50-33(39(56)57)14-10-12-26-49)52-37(54)32(13-9-11-25-48)51-40(58)46-22-19-41(3,4)27-31(46)30-15-16-34-43(6,42(30,5)20-23-46)21-24-47-28-45(47,8)35(53)17-18-44(34,47)7/h15,29,31-36,53H,9-14,16-28,48-49H2,1-8H3,(H,50,55)(H,51,58)(H,52,54)(H,56,57)/t31-,32-,33-,34-,35-,36-,42+,43+,44+,45?,46-,47-/m0/s1. The molecule has 0 aromatic rings. The van der Waals surface area contributed by atoms with E-state index in [9.17, 15) is 24.6 Å². The minimum Gasteiger partial charge on any atom is -0.480 e. The molecule has 58 heavy (non-hydrogen) atoms. The van der Waals surface area contributed by atoms with E-state index in [-0.39, 0.29) is 62.8 Å². The van der Waals surface area contributed by atoms with Gasteiger partial charge in [-0.1, -0.05) is 67.0 Å². The number of hydrogen-bond donors (Lipinski definition) is 7. The molecule has 0 heterocycles. The Hall–Kier alpha value is -2.50. The van der Waals surface area contributed by atoms with Crippen LogP contribution < -0.4 is 27.4 Å². The van der Waals surface area contributed by atoms with Gasteiger partial charge in [-0.15, -0.1) is 0 Å². The lowest BCUT2D eigenvalue weighted by Gasteiger charge is -2.70. The number of allylic oxidation sites excluding steroid dienone is 2. The van der Waals surface area contributed by atoms with Crippen LogP contribution in [0.3, 0.4) is 0 Å². The quantitative estimate of drug-likeness (QED) is 0.0691. The molecule has 0 aliphatic heterocycles. The molecule has 6 rings (SSSR count). The van der Waals surface area contributed by atoms with Gasteiger partial charge in [0.15, 0.2) is 0 Å². The van der Waals surface area contributed by atoms with Crippen LogP contribution >= 0.6 is 0 Å². The van der Waals surface area contributed by atoms with Gasteiger partial charge in [0.25, 0.3) is 0 Å². The van der Waals surface area contributed by atoms with E-state index in [2.05, 4.69) is 63.6 Å². The molecular formula is C47H79N5O6. The Morgan fingerprint density at radius 3 is 2.02 bits per heavy atom. The number of carbonyl (C=O) groups excluding carboxylic acids is 3. The molecule has 0 aromatic carbocycles. The molecule has 0 bridgehead atoms. The fourth-order valence-corrected chi connectivity index (χ4v) is 14.3. The van der Waals surface area contributed by atoms with Crippen LogP contribution in [0.1, 0.15) is 165 Å². The van der Waals surface area contributed by atoms with Crippen LogP contribution in [0.4, 0.5) is 0 Å². The minimum absolute atomic E-state index is 0.0245. The van der Waals surface area contributed by atoms with Crippen molar-refractivity contribution in [3.05, 3.63) is 11.6 Å². The second-order valence-corrected chi connectivity index (χ2v) is 22.1. The summed E-state index contributed by atoms with van der Waals surface area (Å²) in [4.78, 5) is 55.0. The van der Waals surface area contributed by atoms with Gasteiger partial charge < -0.3 is 37.6 Å². The summed E-state index contributed by atoms with van der Waals surface area (Å²) in [7, 11) is 0. The van der Waals surface area contributed by atoms with Crippen LogP contribution in [0.5, 0.6) is 0 Å². The zero-order valence-electron chi connectivity index (χ0n) is 37.2. The predicted octanol–water partition coefficient (Wildman–Crippen LogP) is 6.36. The number of nitrogens with one attached hydrogen (secondary N) is 3. The summed E-state index contributed by atoms with van der Waals surface area (Å²) in [5.74, 6) is -1.91. The molecule has 6 aliphatic rings. The smallest absolute Gasteiger partial charge is 0.326 e. The number of unbranched alkanes of at least 4 members (excludes halogenated alkanes) is 2. The number of fused-ring (bicyclic) bond motifs is 6. The van der Waals surface area contributed by atoms with Crippen LogP contribution in [-0.4, -0.2) is 71.2 Å². The number of nitrogens with two attached hydrogens (primary N) is 2. The molecule has 11 nitrogen and oxygen atoms in total. The maximum Gasteiger partial charge on any atom is 0.326 e. The van der Waals surface area contributed by atoms with E-state index in [1.807, 2.05) is 13.8 Å². The lowest BCUT2D eigenvalue weighted by Crippen LogP contribution is -2.65. The van der Waals surface area contributed by atoms with E-state index in [0.29, 0.717) is 51.1 Å². The molecule has 3 amide bonds. The van der Waals surface area contributed by atoms with Crippen molar-refractivity contribution in [2.24, 2.45) is 67.1 Å². The summed E-state index contributed by atoms with van der Waals surface area (Å²) in [6.45, 7) is 19.2. The Morgan fingerprint density at radius 2 is 1.40 bits per heavy atom. The molecule has 0 aromatic heterocycles. The lowest BCUT2D eigenvalue weighted by atomic mass is 9.34. The highest BCUT2D eigenvalue weighted by molar-refractivity contribution is 5.94. The summed E-state index contributed by atoms with van der Waals surface area (Å²) in [5, 5.41) is 29.9. The van der Waals surface area contributed by atoms with Crippen molar-refractivity contribution in [2.75, 3.05) is 13.1 Å². The maximum atomic E-state index is 15.2. The predicted molar refractivity (Wildman–Crippen MR) is 227 cm³/mol. The number of carbonyl (C=O) groups is 4. The third kappa shape index (κ3) is 7.16. The second kappa shape index (κ2) is 16.1. The summed E-state index contributed by atoms with van der Waals surface area (Å²) in [6.07, 6.45) is 16.3. The molecule has 0 radical (unpaired) electrons. The van der Waals surface area contributed by atoms with Crippen molar-refractivity contribution in [3.63, 3.8) is 0 Å². The number of aliphatic hydroxyl groups excluding tert-OH is 1. The Labute approximate surface area is 348 Å². The van der Waals surface area contributed by atoms with Crippen LogP contribution in [0.2, 0.25) is 0 Å². The maximum absolute atomic E-state index is 15.2. The summed E-state index contributed by atoms with van der Waals surface area (Å²) in [5.41, 5.74) is 12.8. The number of carboxylic acids is 1. The van der Waals surface area contributed by atoms with Crippen molar-refractivity contribution < 1.29 is 29.4 Å². The zero-order chi connectivity index (χ0) is 42.7. The van der Waals surface area contributed by atoms with Gasteiger partial charge in [-0.05, 0) is 167 Å². The highest BCUT2D eigenvalue weighted by Crippen LogP contribution is 2.87. The highest BCUT2D eigenvalue weighted by atomic mass is 16.4. The first-order chi connectivity index (χ1) is 27.1. The number of carboxylic acid groups (broad SMARTS) is 1. The molecular weight excluding hydrogens is 731 g/mol. The molecule has 5 fully saturated rings. The topological polar surface area (TPSA) is 197 Å². The number of hydrogen-bond acceptors (Lipinski definition) is 7. The zero-order valence-corrected chi connectivity index (χ0v) is 37.2. The third-order valence-corrected chi connectivity index (χ3v) is 18.4. The van der Waals surface area contributed by atoms with Crippen molar-refractivity contribution in [3.8, 4) is 0 Å². The van der Waals surface area contributed by atoms with Crippen LogP contribution in [0.15, 0.2) is 11.6 Å². The third-order valence-electron chi connectivity index (χ3n) is 18.4. The average Bonchev–Trinajstić information content (AvgIpc) is 3.81. The lowest BCUT2D eigenvalue weighted by molar-refractivity contribution is -0.185. The van der Waals surface area contributed by atoms with Crippen molar-refractivity contribution in [1.82, 2.24) is 16.0 Å². The van der Waals surface area contributed by atoms with E-state index in [0.717, 1.165) is 70.6 Å². The molecule has 9 N–H and O–H groups in total. The molecule has 1 spiro atoms. The fourth-order valence-electron chi connectivity index (χ4n) is 14.3. The minimum atomic E-state index is -1.13. The molecule has 1 unspecified atom stereocenters. The highest BCUT2D eigenvalue weighted by Gasteiger charge is 2.81. The largest absolute Gasteiger partial charge is 0.480 e. The molecule has 0 saturated heterocycles. The first-order valence-corrected chi connectivity index (χ1v) is 23.1. The van der Waals surface area contributed by atoms with Crippen LogP contribution in [0, 0.1) is 55.7 Å². The van der Waals surface area contributed by atoms with Gasteiger partial charge in [-0.2, -0.15) is 0 Å². The summed E-state index contributed by atoms with van der Waals surface area (Å²) < 4.78 is 0. The summed E-state index contributed by atoms with van der Waals surface area (Å²) >= 11 is 0.